The van der Waals surface area contributed by atoms with Gasteiger partial charge in [-0.05, 0) is 18.6 Å². The Kier molecular flexibility index (Phi) is 4.23. The van der Waals surface area contributed by atoms with E-state index >= 15 is 0 Å². The monoisotopic (exact) mass is 309 g/mol. The number of hydrogen-bond donors (Lipinski definition) is 0. The lowest BCUT2D eigenvalue weighted by atomic mass is 10.2. The lowest BCUT2D eigenvalue weighted by molar-refractivity contribution is -0.384. The van der Waals surface area contributed by atoms with Crippen LogP contribution in [0, 0.1) is 17.0 Å². The van der Waals surface area contributed by atoms with Crippen LogP contribution in [0.3, 0.4) is 0 Å². The van der Waals surface area contributed by atoms with Crippen molar-refractivity contribution in [2.24, 2.45) is 0 Å². The number of rotatable bonds is 4. The Hall–Kier alpha value is -2.41. The van der Waals surface area contributed by atoms with Crippen LogP contribution < -0.4 is 0 Å². The van der Waals surface area contributed by atoms with Crippen LogP contribution in [-0.4, -0.2) is 27.9 Å². The van der Waals surface area contributed by atoms with Gasteiger partial charge in [-0.1, -0.05) is 16.8 Å². The highest BCUT2D eigenvalue weighted by Crippen LogP contribution is 2.23. The van der Waals surface area contributed by atoms with Gasteiger partial charge in [-0.25, -0.2) is 0 Å². The van der Waals surface area contributed by atoms with E-state index in [0.717, 1.165) is 0 Å². The summed E-state index contributed by atoms with van der Waals surface area (Å²) in [5.74, 6) is -0.269. The van der Waals surface area contributed by atoms with Crippen LogP contribution in [0.5, 0.6) is 0 Å². The minimum atomic E-state index is -0.512. The first-order valence-electron chi connectivity index (χ1n) is 6.00. The first kappa shape index (κ1) is 15.0. The van der Waals surface area contributed by atoms with Crippen LogP contribution in [0.25, 0.3) is 0 Å². The highest BCUT2D eigenvalue weighted by Gasteiger charge is 2.19. The number of hydrogen-bond acceptors (Lipinski definition) is 5. The number of aryl methyl sites for hydroxylation is 1. The molecule has 0 aliphatic heterocycles. The zero-order chi connectivity index (χ0) is 15.6. The number of amides is 1. The quantitative estimate of drug-likeness (QED) is 0.640. The molecule has 0 atom stereocenters. The van der Waals surface area contributed by atoms with Crippen molar-refractivity contribution in [1.29, 1.82) is 0 Å². The van der Waals surface area contributed by atoms with E-state index in [9.17, 15) is 14.9 Å². The van der Waals surface area contributed by atoms with E-state index in [1.54, 1.807) is 14.0 Å². The predicted octanol–water partition coefficient (Wildman–Crippen LogP) is 2.82. The molecule has 21 heavy (non-hydrogen) atoms. The van der Waals surface area contributed by atoms with Crippen molar-refractivity contribution in [3.05, 3.63) is 56.4 Å². The number of aromatic nitrogens is 1. The van der Waals surface area contributed by atoms with Gasteiger partial charge in [0.15, 0.2) is 0 Å². The second-order valence-corrected chi connectivity index (χ2v) is 4.93. The molecule has 0 saturated heterocycles. The third kappa shape index (κ3) is 3.38. The SMILES string of the molecule is Cc1cc(C(=O)N(C)Cc2cc([N+](=O)[O-])ccc2Cl)on1. The molecule has 0 aliphatic rings. The summed E-state index contributed by atoms with van der Waals surface area (Å²) < 4.78 is 4.89. The Morgan fingerprint density at radius 3 is 2.76 bits per heavy atom. The fourth-order valence-electron chi connectivity index (χ4n) is 1.78. The summed E-state index contributed by atoms with van der Waals surface area (Å²) in [7, 11) is 1.55. The molecule has 0 fully saturated rings. The van der Waals surface area contributed by atoms with Gasteiger partial charge in [0.1, 0.15) is 0 Å². The zero-order valence-electron chi connectivity index (χ0n) is 11.4. The van der Waals surface area contributed by atoms with Crippen LogP contribution in [0.15, 0.2) is 28.8 Å². The number of halogens is 1. The van der Waals surface area contributed by atoms with Crippen LogP contribution in [0.4, 0.5) is 5.69 Å². The van der Waals surface area contributed by atoms with Gasteiger partial charge in [-0.15, -0.1) is 0 Å². The highest BCUT2D eigenvalue weighted by atomic mass is 35.5. The maximum Gasteiger partial charge on any atom is 0.292 e. The van der Waals surface area contributed by atoms with Gasteiger partial charge in [0.25, 0.3) is 11.6 Å². The molecule has 110 valence electrons. The van der Waals surface area contributed by atoms with E-state index in [2.05, 4.69) is 5.16 Å². The molecule has 0 radical (unpaired) electrons. The van der Waals surface area contributed by atoms with Crippen molar-refractivity contribution < 1.29 is 14.2 Å². The topological polar surface area (TPSA) is 89.5 Å². The maximum atomic E-state index is 12.1. The molecule has 0 spiro atoms. The van der Waals surface area contributed by atoms with Crippen LogP contribution in [0.1, 0.15) is 21.8 Å². The zero-order valence-corrected chi connectivity index (χ0v) is 12.1. The summed E-state index contributed by atoms with van der Waals surface area (Å²) in [5, 5.41) is 14.8. The Balaban J connectivity index is 2.19. The van der Waals surface area contributed by atoms with Crippen LogP contribution in [-0.2, 0) is 6.54 Å². The fraction of sp³-hybridized carbons (Fsp3) is 0.231. The van der Waals surface area contributed by atoms with E-state index in [1.165, 1.54) is 29.2 Å². The largest absolute Gasteiger partial charge is 0.351 e. The summed E-state index contributed by atoms with van der Waals surface area (Å²) >= 11 is 6.00. The lowest BCUT2D eigenvalue weighted by Gasteiger charge is -2.16. The van der Waals surface area contributed by atoms with Crippen molar-refractivity contribution in [3.8, 4) is 0 Å². The van der Waals surface area contributed by atoms with Crippen molar-refractivity contribution >= 4 is 23.2 Å². The van der Waals surface area contributed by atoms with Gasteiger partial charge in [-0.2, -0.15) is 0 Å². The number of carbonyl (C=O) groups excluding carboxylic acids is 1. The van der Waals surface area contributed by atoms with Crippen LogP contribution in [0.2, 0.25) is 5.02 Å². The Morgan fingerprint density at radius 1 is 1.48 bits per heavy atom. The molecule has 1 heterocycles. The molecule has 0 bridgehead atoms. The molecule has 7 nitrogen and oxygen atoms in total. The second kappa shape index (κ2) is 5.92. The molecule has 0 N–H and O–H groups in total. The number of non-ortho nitro benzene ring substituents is 1. The molecule has 0 saturated carbocycles. The van der Waals surface area contributed by atoms with Crippen molar-refractivity contribution in [1.82, 2.24) is 10.1 Å². The predicted molar refractivity (Wildman–Crippen MR) is 75.1 cm³/mol. The first-order valence-corrected chi connectivity index (χ1v) is 6.38. The lowest BCUT2D eigenvalue weighted by Crippen LogP contribution is -2.26. The molecule has 1 aromatic carbocycles. The second-order valence-electron chi connectivity index (χ2n) is 4.53. The summed E-state index contributed by atoms with van der Waals surface area (Å²) in [6, 6.07) is 5.62. The molecule has 8 heteroatoms. The fourth-order valence-corrected chi connectivity index (χ4v) is 1.95. The summed E-state index contributed by atoms with van der Waals surface area (Å²) in [6.07, 6.45) is 0. The van der Waals surface area contributed by atoms with E-state index in [4.69, 9.17) is 16.1 Å². The Morgan fingerprint density at radius 2 is 2.19 bits per heavy atom. The van der Waals surface area contributed by atoms with Gasteiger partial charge >= 0.3 is 0 Å². The number of carbonyl (C=O) groups is 1. The average molecular weight is 310 g/mol. The third-order valence-electron chi connectivity index (χ3n) is 2.83. The molecular weight excluding hydrogens is 298 g/mol. The van der Waals surface area contributed by atoms with Gasteiger partial charge in [-0.3, -0.25) is 14.9 Å². The van der Waals surface area contributed by atoms with E-state index < -0.39 is 4.92 Å². The number of benzene rings is 1. The Bertz CT molecular complexity index is 698. The summed E-state index contributed by atoms with van der Waals surface area (Å²) in [4.78, 5) is 23.7. The van der Waals surface area contributed by atoms with Crippen molar-refractivity contribution in [2.45, 2.75) is 13.5 Å². The molecule has 1 aromatic heterocycles. The van der Waals surface area contributed by atoms with Crippen molar-refractivity contribution in [3.63, 3.8) is 0 Å². The van der Waals surface area contributed by atoms with Gasteiger partial charge in [0.2, 0.25) is 5.76 Å². The standard InChI is InChI=1S/C13H12ClN3O4/c1-8-5-12(21-15-8)13(18)16(2)7-9-6-10(17(19)20)3-4-11(9)14/h3-6H,7H2,1-2H3. The smallest absolute Gasteiger partial charge is 0.292 e. The van der Waals surface area contributed by atoms with Crippen LogP contribution >= 0.6 is 11.6 Å². The number of nitrogens with zero attached hydrogens (tertiary/aromatic N) is 3. The normalized spacial score (nSPS) is 10.4. The molecule has 2 rings (SSSR count). The van der Waals surface area contributed by atoms with Gasteiger partial charge in [0.05, 0.1) is 10.6 Å². The average Bonchev–Trinajstić information content (AvgIpc) is 2.86. The van der Waals surface area contributed by atoms with E-state index in [1.807, 2.05) is 0 Å². The van der Waals surface area contributed by atoms with Gasteiger partial charge in [0, 0.05) is 36.8 Å². The Labute approximate surface area is 125 Å². The first-order chi connectivity index (χ1) is 9.88. The minimum absolute atomic E-state index is 0.0780. The minimum Gasteiger partial charge on any atom is -0.351 e. The summed E-state index contributed by atoms with van der Waals surface area (Å²) in [6.45, 7) is 1.83. The molecule has 0 unspecified atom stereocenters. The van der Waals surface area contributed by atoms with Gasteiger partial charge < -0.3 is 9.42 Å². The highest BCUT2D eigenvalue weighted by molar-refractivity contribution is 6.31. The molecule has 0 aliphatic carbocycles. The van der Waals surface area contributed by atoms with E-state index in [0.29, 0.717) is 16.3 Å². The molecule has 2 aromatic rings. The number of nitro groups is 1. The van der Waals surface area contributed by atoms with E-state index in [-0.39, 0.29) is 23.9 Å². The number of nitro benzene ring substituents is 1. The summed E-state index contributed by atoms with van der Waals surface area (Å²) in [5.41, 5.74) is 1.00. The maximum absolute atomic E-state index is 12.1. The molecular formula is C13H12ClN3O4. The van der Waals surface area contributed by atoms with Crippen molar-refractivity contribution in [2.75, 3.05) is 7.05 Å². The molecule has 1 amide bonds. The third-order valence-corrected chi connectivity index (χ3v) is 3.20.